The molecule has 1 spiro atoms. The molecule has 0 saturated carbocycles. The monoisotopic (exact) mass is 216 g/mol. The Balaban J connectivity index is 2.19. The Bertz CT molecular complexity index is 922. The average Bonchev–Trinajstić information content (AvgIpc) is 3.11. The average molecular weight is 216 g/mol. The summed E-state index contributed by atoms with van der Waals surface area (Å²) in [5.74, 6) is 0. The maximum absolute atomic E-state index is 6.03. The highest BCUT2D eigenvalue weighted by molar-refractivity contribution is 6.17. The third-order valence-electron chi connectivity index (χ3n) is 4.71. The Labute approximate surface area is 97.3 Å². The van der Waals surface area contributed by atoms with Gasteiger partial charge in [-0.25, -0.2) is 0 Å². The first-order valence-electron chi connectivity index (χ1n) is 6.08. The molecule has 1 fully saturated rings. The Kier molecular flexibility index (Phi) is 0.821. The Morgan fingerprint density at radius 2 is 2.00 bits per heavy atom. The lowest BCUT2D eigenvalue weighted by Gasteiger charge is -2.29. The van der Waals surface area contributed by atoms with Crippen molar-refractivity contribution in [2.45, 2.75) is 11.7 Å². The van der Waals surface area contributed by atoms with Crippen LogP contribution in [0.2, 0.25) is 0 Å². The molecule has 78 valence electrons. The van der Waals surface area contributed by atoms with Crippen LogP contribution in [0.25, 0.3) is 27.6 Å². The van der Waals surface area contributed by atoms with Crippen LogP contribution in [0.4, 0.5) is 0 Å². The SMILES string of the molecule is C1=c2cc3c4cccc5ccc(c2c54)C32OC12. The molecule has 2 atom stereocenters. The van der Waals surface area contributed by atoms with E-state index in [1.54, 1.807) is 0 Å². The quantitative estimate of drug-likeness (QED) is 0.526. The standard InChI is InChI=1S/C16H8O/c1-2-8-4-5-11-15-9-6-12(10(3-1)14(8)15)16(11)13(7-9)17-16/h1-7,13H. The second-order valence-corrected chi connectivity index (χ2v) is 5.35. The van der Waals surface area contributed by atoms with Gasteiger partial charge in [-0.15, -0.1) is 0 Å². The zero-order chi connectivity index (χ0) is 10.8. The summed E-state index contributed by atoms with van der Waals surface area (Å²) >= 11 is 0. The summed E-state index contributed by atoms with van der Waals surface area (Å²) in [5, 5.41) is 7.00. The molecule has 8 rings (SSSR count). The van der Waals surface area contributed by atoms with E-state index in [0.717, 1.165) is 0 Å². The maximum Gasteiger partial charge on any atom is 0.150 e. The number of benzene rings is 3. The molecule has 6 bridgehead atoms. The first-order chi connectivity index (χ1) is 8.39. The molecule has 5 aliphatic rings. The lowest BCUT2D eigenvalue weighted by Crippen LogP contribution is -2.30. The molecule has 1 heteroatoms. The molecule has 4 aliphatic carbocycles. The van der Waals surface area contributed by atoms with Gasteiger partial charge < -0.3 is 4.74 Å². The number of ether oxygens (including phenoxy) is 1. The lowest BCUT2D eigenvalue weighted by atomic mass is 9.71. The van der Waals surface area contributed by atoms with Crippen molar-refractivity contribution in [1.29, 1.82) is 0 Å². The summed E-state index contributed by atoms with van der Waals surface area (Å²) in [6, 6.07) is 13.4. The van der Waals surface area contributed by atoms with Gasteiger partial charge >= 0.3 is 0 Å². The molecule has 1 nitrogen and oxygen atoms in total. The summed E-state index contributed by atoms with van der Waals surface area (Å²) in [4.78, 5) is 0. The third-order valence-corrected chi connectivity index (χ3v) is 4.71. The van der Waals surface area contributed by atoms with Crippen molar-refractivity contribution < 1.29 is 4.74 Å². The lowest BCUT2D eigenvalue weighted by molar-refractivity contribution is 0.344. The minimum atomic E-state index is -0.0976. The number of hydrogen-bond donors (Lipinski definition) is 0. The van der Waals surface area contributed by atoms with Crippen LogP contribution in [0.15, 0.2) is 36.4 Å². The largest absolute Gasteiger partial charge is 0.351 e. The van der Waals surface area contributed by atoms with Gasteiger partial charge in [0.1, 0.15) is 6.10 Å². The summed E-state index contributed by atoms with van der Waals surface area (Å²) in [5.41, 5.74) is 2.70. The van der Waals surface area contributed by atoms with Crippen molar-refractivity contribution >= 4 is 27.6 Å². The van der Waals surface area contributed by atoms with Gasteiger partial charge in [-0.3, -0.25) is 0 Å². The molecule has 0 N–H and O–H groups in total. The van der Waals surface area contributed by atoms with Crippen molar-refractivity contribution in [2.24, 2.45) is 0 Å². The molecular weight excluding hydrogens is 208 g/mol. The van der Waals surface area contributed by atoms with Gasteiger partial charge in [0.05, 0.1) is 0 Å². The van der Waals surface area contributed by atoms with Gasteiger partial charge in [-0.1, -0.05) is 30.3 Å². The molecule has 2 unspecified atom stereocenters. The van der Waals surface area contributed by atoms with Crippen molar-refractivity contribution in [2.75, 3.05) is 0 Å². The molecule has 0 radical (unpaired) electrons. The second kappa shape index (κ2) is 1.87. The van der Waals surface area contributed by atoms with E-state index in [4.69, 9.17) is 4.74 Å². The summed E-state index contributed by atoms with van der Waals surface area (Å²) in [6.07, 6.45) is 2.59. The molecule has 1 aliphatic heterocycles. The molecule has 0 amide bonds. The maximum atomic E-state index is 6.03. The van der Waals surface area contributed by atoms with Gasteiger partial charge in [0, 0.05) is 0 Å². The molecule has 3 aromatic carbocycles. The highest BCUT2D eigenvalue weighted by Crippen LogP contribution is 2.61. The van der Waals surface area contributed by atoms with E-state index in [0.29, 0.717) is 6.10 Å². The van der Waals surface area contributed by atoms with Crippen LogP contribution in [-0.4, -0.2) is 6.10 Å². The van der Waals surface area contributed by atoms with Crippen LogP contribution >= 0.6 is 0 Å². The number of rotatable bonds is 0. The van der Waals surface area contributed by atoms with Gasteiger partial charge in [0.25, 0.3) is 0 Å². The predicted molar refractivity (Wildman–Crippen MR) is 66.8 cm³/mol. The van der Waals surface area contributed by atoms with E-state index >= 15 is 0 Å². The minimum Gasteiger partial charge on any atom is -0.351 e. The molecule has 0 aromatic heterocycles. The van der Waals surface area contributed by atoms with E-state index in [1.807, 2.05) is 0 Å². The van der Waals surface area contributed by atoms with E-state index in [-0.39, 0.29) is 5.60 Å². The van der Waals surface area contributed by atoms with E-state index in [9.17, 15) is 0 Å². The third kappa shape index (κ3) is 0.540. The van der Waals surface area contributed by atoms with Crippen molar-refractivity contribution in [3.05, 3.63) is 52.7 Å². The zero-order valence-electron chi connectivity index (χ0n) is 9.03. The molecule has 1 heterocycles. The molecular formula is C16H8O. The Hall–Kier alpha value is -1.86. The minimum absolute atomic E-state index is 0.0976. The fraction of sp³-hybridized carbons (Fsp3) is 0.125. The van der Waals surface area contributed by atoms with Gasteiger partial charge in [0.2, 0.25) is 0 Å². The number of epoxide rings is 1. The van der Waals surface area contributed by atoms with Gasteiger partial charge in [-0.2, -0.15) is 0 Å². The molecule has 17 heavy (non-hydrogen) atoms. The summed E-state index contributed by atoms with van der Waals surface area (Å²) in [6.45, 7) is 0. The van der Waals surface area contributed by atoms with E-state index in [2.05, 4.69) is 42.5 Å². The highest BCUT2D eigenvalue weighted by atomic mass is 16.6. The van der Waals surface area contributed by atoms with Crippen LogP contribution in [-0.2, 0) is 10.3 Å². The second-order valence-electron chi connectivity index (χ2n) is 5.35. The van der Waals surface area contributed by atoms with E-state index < -0.39 is 0 Å². The fourth-order valence-electron chi connectivity index (χ4n) is 4.02. The van der Waals surface area contributed by atoms with Crippen LogP contribution in [0.5, 0.6) is 0 Å². The molecule has 3 aromatic rings. The van der Waals surface area contributed by atoms with Crippen molar-refractivity contribution in [3.8, 4) is 0 Å². The summed E-state index contributed by atoms with van der Waals surface area (Å²) in [7, 11) is 0. The van der Waals surface area contributed by atoms with Crippen LogP contribution < -0.4 is 5.22 Å². The summed E-state index contributed by atoms with van der Waals surface area (Å²) < 4.78 is 6.03. The van der Waals surface area contributed by atoms with Gasteiger partial charge in [0.15, 0.2) is 5.60 Å². The van der Waals surface area contributed by atoms with Crippen molar-refractivity contribution in [3.63, 3.8) is 0 Å². The smallest absolute Gasteiger partial charge is 0.150 e. The topological polar surface area (TPSA) is 12.5 Å². The Morgan fingerprint density at radius 3 is 3.00 bits per heavy atom. The Morgan fingerprint density at radius 1 is 1.00 bits per heavy atom. The first-order valence-corrected chi connectivity index (χ1v) is 6.08. The first kappa shape index (κ1) is 7.46. The van der Waals surface area contributed by atoms with Gasteiger partial charge in [-0.05, 0) is 50.0 Å². The van der Waals surface area contributed by atoms with Crippen LogP contribution in [0, 0.1) is 0 Å². The number of hydrogen-bond acceptors (Lipinski definition) is 1. The zero-order valence-corrected chi connectivity index (χ0v) is 9.03. The van der Waals surface area contributed by atoms with E-state index in [1.165, 1.54) is 37.9 Å². The normalized spacial score (nSPS) is 30.2. The predicted octanol–water partition coefficient (Wildman–Crippen LogP) is 2.46. The van der Waals surface area contributed by atoms with Crippen LogP contribution in [0.3, 0.4) is 0 Å². The van der Waals surface area contributed by atoms with Crippen molar-refractivity contribution in [1.82, 2.24) is 0 Å². The van der Waals surface area contributed by atoms with Crippen LogP contribution in [0.1, 0.15) is 11.1 Å². The highest BCUT2D eigenvalue weighted by Gasteiger charge is 2.63. The molecule has 1 saturated heterocycles. The fourth-order valence-corrected chi connectivity index (χ4v) is 4.02.